The van der Waals surface area contributed by atoms with Crippen molar-refractivity contribution in [2.75, 3.05) is 38.3 Å². The van der Waals surface area contributed by atoms with E-state index in [0.29, 0.717) is 13.2 Å². The van der Waals surface area contributed by atoms with Crippen LogP contribution in [0.4, 0.5) is 5.82 Å². The van der Waals surface area contributed by atoms with E-state index in [4.69, 9.17) is 21.1 Å². The minimum atomic E-state index is -0.280. The van der Waals surface area contributed by atoms with Crippen LogP contribution in [0.3, 0.4) is 0 Å². The zero-order valence-corrected chi connectivity index (χ0v) is 13.0. The Kier molecular flexibility index (Phi) is 4.23. The van der Waals surface area contributed by atoms with Crippen LogP contribution in [0.25, 0.3) is 10.2 Å². The van der Waals surface area contributed by atoms with E-state index in [0.717, 1.165) is 34.7 Å². The Labute approximate surface area is 130 Å². The minimum Gasteiger partial charge on any atom is -0.469 e. The number of esters is 1. The molecule has 1 aliphatic heterocycles. The standard InChI is InChI=1S/C13H14ClN3O3S/c1-19-9(18)6-8-7-21-12-10(8)11(15-13(14)16-12)17-2-4-20-5-3-17/h7H,2-6H2,1H3. The Balaban J connectivity index is 2.07. The quantitative estimate of drug-likeness (QED) is 0.633. The highest BCUT2D eigenvalue weighted by Gasteiger charge is 2.21. The van der Waals surface area contributed by atoms with Gasteiger partial charge in [0.25, 0.3) is 0 Å². The molecule has 2 aromatic rings. The van der Waals surface area contributed by atoms with Gasteiger partial charge in [0, 0.05) is 13.1 Å². The molecule has 0 unspecified atom stereocenters. The zero-order valence-electron chi connectivity index (χ0n) is 11.5. The van der Waals surface area contributed by atoms with Crippen LogP contribution in [0, 0.1) is 0 Å². The Morgan fingerprint density at radius 3 is 2.95 bits per heavy atom. The molecule has 6 nitrogen and oxygen atoms in total. The van der Waals surface area contributed by atoms with Crippen molar-refractivity contribution in [1.82, 2.24) is 9.97 Å². The molecule has 0 amide bonds. The smallest absolute Gasteiger partial charge is 0.310 e. The molecular formula is C13H14ClN3O3S. The Hall–Kier alpha value is -1.44. The van der Waals surface area contributed by atoms with Crippen LogP contribution in [0.1, 0.15) is 5.56 Å². The highest BCUT2D eigenvalue weighted by molar-refractivity contribution is 7.17. The van der Waals surface area contributed by atoms with E-state index in [1.807, 2.05) is 5.38 Å². The Morgan fingerprint density at radius 1 is 1.48 bits per heavy atom. The molecule has 1 saturated heterocycles. The Bertz CT molecular complexity index is 670. The summed E-state index contributed by atoms with van der Waals surface area (Å²) in [5, 5.41) is 3.02. The molecule has 0 saturated carbocycles. The molecule has 0 atom stereocenters. The first-order chi connectivity index (χ1) is 10.2. The molecule has 0 aromatic carbocycles. The lowest BCUT2D eigenvalue weighted by Crippen LogP contribution is -2.37. The third-order valence-electron chi connectivity index (χ3n) is 3.34. The van der Waals surface area contributed by atoms with Crippen molar-refractivity contribution < 1.29 is 14.3 Å². The molecule has 0 bridgehead atoms. The topological polar surface area (TPSA) is 64.5 Å². The predicted molar refractivity (Wildman–Crippen MR) is 81.2 cm³/mol. The van der Waals surface area contributed by atoms with Crippen molar-refractivity contribution in [2.45, 2.75) is 6.42 Å². The Morgan fingerprint density at radius 2 is 2.24 bits per heavy atom. The van der Waals surface area contributed by atoms with Gasteiger partial charge in [0.1, 0.15) is 10.6 Å². The number of halogens is 1. The van der Waals surface area contributed by atoms with Gasteiger partial charge in [0.05, 0.1) is 32.1 Å². The molecule has 3 rings (SSSR count). The number of fused-ring (bicyclic) bond motifs is 1. The van der Waals surface area contributed by atoms with Gasteiger partial charge in [0.2, 0.25) is 5.28 Å². The van der Waals surface area contributed by atoms with Gasteiger partial charge in [-0.25, -0.2) is 4.98 Å². The van der Waals surface area contributed by atoms with E-state index in [-0.39, 0.29) is 17.7 Å². The number of rotatable bonds is 3. The average molecular weight is 328 g/mol. The fourth-order valence-corrected chi connectivity index (χ4v) is 3.47. The van der Waals surface area contributed by atoms with Crippen LogP contribution >= 0.6 is 22.9 Å². The van der Waals surface area contributed by atoms with Gasteiger partial charge >= 0.3 is 5.97 Å². The first-order valence-electron chi connectivity index (χ1n) is 6.52. The SMILES string of the molecule is COC(=O)Cc1csc2nc(Cl)nc(N3CCOCC3)c12. The number of carbonyl (C=O) groups is 1. The number of carbonyl (C=O) groups excluding carboxylic acids is 1. The normalized spacial score (nSPS) is 15.4. The summed E-state index contributed by atoms with van der Waals surface area (Å²) in [6.45, 7) is 2.80. The summed E-state index contributed by atoms with van der Waals surface area (Å²) in [7, 11) is 1.38. The van der Waals surface area contributed by atoms with Crippen LogP contribution in [0.5, 0.6) is 0 Å². The molecule has 112 valence electrons. The summed E-state index contributed by atoms with van der Waals surface area (Å²) in [5.74, 6) is 0.492. The highest BCUT2D eigenvalue weighted by atomic mass is 35.5. The average Bonchev–Trinajstić information content (AvgIpc) is 2.90. The van der Waals surface area contributed by atoms with Gasteiger partial charge in [-0.1, -0.05) is 0 Å². The van der Waals surface area contributed by atoms with Crippen LogP contribution in [-0.2, 0) is 20.7 Å². The van der Waals surface area contributed by atoms with Crippen LogP contribution in [-0.4, -0.2) is 49.4 Å². The summed E-state index contributed by atoms with van der Waals surface area (Å²) in [6.07, 6.45) is 0.207. The number of aromatic nitrogens is 2. The summed E-state index contributed by atoms with van der Waals surface area (Å²) < 4.78 is 10.1. The van der Waals surface area contributed by atoms with Gasteiger partial charge < -0.3 is 14.4 Å². The van der Waals surface area contributed by atoms with E-state index in [1.54, 1.807) is 0 Å². The molecule has 0 aliphatic carbocycles. The summed E-state index contributed by atoms with van der Waals surface area (Å²) in [5.41, 5.74) is 0.875. The summed E-state index contributed by atoms with van der Waals surface area (Å²) in [4.78, 5) is 23.1. The maximum Gasteiger partial charge on any atom is 0.310 e. The van der Waals surface area contributed by atoms with Gasteiger partial charge in [0.15, 0.2) is 0 Å². The number of anilines is 1. The van der Waals surface area contributed by atoms with Crippen molar-refractivity contribution in [1.29, 1.82) is 0 Å². The first kappa shape index (κ1) is 14.5. The second kappa shape index (κ2) is 6.13. The fraction of sp³-hybridized carbons (Fsp3) is 0.462. The molecule has 0 spiro atoms. The lowest BCUT2D eigenvalue weighted by Gasteiger charge is -2.28. The first-order valence-corrected chi connectivity index (χ1v) is 7.78. The van der Waals surface area contributed by atoms with E-state index in [1.165, 1.54) is 18.4 Å². The van der Waals surface area contributed by atoms with Crippen LogP contribution in [0.15, 0.2) is 5.38 Å². The lowest BCUT2D eigenvalue weighted by molar-refractivity contribution is -0.139. The molecule has 1 aliphatic rings. The summed E-state index contributed by atoms with van der Waals surface area (Å²) in [6, 6.07) is 0. The van der Waals surface area contributed by atoms with Crippen molar-refractivity contribution in [2.24, 2.45) is 0 Å². The van der Waals surface area contributed by atoms with E-state index < -0.39 is 0 Å². The lowest BCUT2D eigenvalue weighted by atomic mass is 10.1. The second-order valence-electron chi connectivity index (χ2n) is 4.61. The maximum absolute atomic E-state index is 11.6. The maximum atomic E-state index is 11.6. The largest absolute Gasteiger partial charge is 0.469 e. The minimum absolute atomic E-state index is 0.207. The van der Waals surface area contributed by atoms with Crippen molar-refractivity contribution in [3.05, 3.63) is 16.2 Å². The van der Waals surface area contributed by atoms with E-state index in [9.17, 15) is 4.79 Å². The van der Waals surface area contributed by atoms with E-state index >= 15 is 0 Å². The third-order valence-corrected chi connectivity index (χ3v) is 4.43. The number of ether oxygens (including phenoxy) is 2. The fourth-order valence-electron chi connectivity index (χ4n) is 2.32. The third kappa shape index (κ3) is 2.95. The van der Waals surface area contributed by atoms with Gasteiger partial charge in [-0.05, 0) is 22.5 Å². The number of nitrogens with zero attached hydrogens (tertiary/aromatic N) is 3. The number of methoxy groups -OCH3 is 1. The van der Waals surface area contributed by atoms with Crippen molar-refractivity contribution in [3.8, 4) is 0 Å². The predicted octanol–water partition coefficient (Wildman–Crippen LogP) is 1.90. The second-order valence-corrected chi connectivity index (χ2v) is 5.81. The zero-order chi connectivity index (χ0) is 14.8. The van der Waals surface area contributed by atoms with Gasteiger partial charge in [-0.3, -0.25) is 4.79 Å². The molecule has 2 aromatic heterocycles. The molecule has 3 heterocycles. The molecule has 1 fully saturated rings. The molecular weight excluding hydrogens is 314 g/mol. The number of morpholine rings is 1. The molecule has 0 radical (unpaired) electrons. The van der Waals surface area contributed by atoms with Crippen LogP contribution < -0.4 is 4.90 Å². The van der Waals surface area contributed by atoms with Gasteiger partial charge in [-0.15, -0.1) is 11.3 Å². The van der Waals surface area contributed by atoms with E-state index in [2.05, 4.69) is 14.9 Å². The monoisotopic (exact) mass is 327 g/mol. The highest BCUT2D eigenvalue weighted by Crippen LogP contribution is 2.33. The molecule has 21 heavy (non-hydrogen) atoms. The molecule has 8 heteroatoms. The van der Waals surface area contributed by atoms with Crippen molar-refractivity contribution in [3.63, 3.8) is 0 Å². The van der Waals surface area contributed by atoms with Crippen molar-refractivity contribution >= 4 is 44.9 Å². The number of hydrogen-bond donors (Lipinski definition) is 0. The van der Waals surface area contributed by atoms with Crippen LogP contribution in [0.2, 0.25) is 5.28 Å². The summed E-state index contributed by atoms with van der Waals surface area (Å²) >= 11 is 7.48. The molecule has 0 N–H and O–H groups in total. The van der Waals surface area contributed by atoms with Gasteiger partial charge in [-0.2, -0.15) is 4.98 Å². The number of hydrogen-bond acceptors (Lipinski definition) is 7. The number of thiophene rings is 1.